The van der Waals surface area contributed by atoms with Gasteiger partial charge in [-0.15, -0.1) is 0 Å². The van der Waals surface area contributed by atoms with E-state index < -0.39 is 0 Å². The van der Waals surface area contributed by atoms with Gasteiger partial charge in [0.15, 0.2) is 6.29 Å². The topological polar surface area (TPSA) is 35.5 Å². The summed E-state index contributed by atoms with van der Waals surface area (Å²) in [7, 11) is 0. The van der Waals surface area contributed by atoms with Crippen molar-refractivity contribution in [2.24, 2.45) is 0 Å². The monoisotopic (exact) mass is 208 g/mol. The minimum atomic E-state index is 0.477. The minimum Gasteiger partial charge on any atom is -0.490 e. The highest BCUT2D eigenvalue weighted by atomic mass is 16.5. The fourth-order valence-corrected chi connectivity index (χ4v) is 1.17. The summed E-state index contributed by atoms with van der Waals surface area (Å²) in [6.07, 6.45) is 1.80. The van der Waals surface area contributed by atoms with Crippen LogP contribution in [0, 0.1) is 0 Å². The summed E-state index contributed by atoms with van der Waals surface area (Å²) in [5.41, 5.74) is 0.577. The van der Waals surface area contributed by atoms with Gasteiger partial charge < -0.3 is 9.47 Å². The first-order valence-electron chi connectivity index (χ1n) is 5.13. The summed E-state index contributed by atoms with van der Waals surface area (Å²) in [6, 6.07) is 7.16. The Morgan fingerprint density at radius 1 is 1.20 bits per heavy atom. The molecule has 0 aliphatic rings. The number of hydrogen-bond donors (Lipinski definition) is 0. The van der Waals surface area contributed by atoms with E-state index in [2.05, 4.69) is 6.92 Å². The van der Waals surface area contributed by atoms with Crippen LogP contribution in [0.15, 0.2) is 24.3 Å². The summed E-state index contributed by atoms with van der Waals surface area (Å²) >= 11 is 0. The number of rotatable bonds is 7. The molecule has 0 aliphatic carbocycles. The fraction of sp³-hybridized carbons (Fsp3) is 0.417. The molecule has 0 fully saturated rings. The maximum Gasteiger partial charge on any atom is 0.153 e. The van der Waals surface area contributed by atoms with Crippen LogP contribution in [0.1, 0.15) is 23.7 Å². The SMILES string of the molecule is CCCOCCOc1ccccc1C=O. The second kappa shape index (κ2) is 7.01. The Hall–Kier alpha value is -1.35. The van der Waals surface area contributed by atoms with E-state index in [1.807, 2.05) is 12.1 Å². The Bertz CT molecular complexity index is 297. The lowest BCUT2D eigenvalue weighted by Gasteiger charge is -2.07. The molecule has 15 heavy (non-hydrogen) atoms. The predicted octanol–water partition coefficient (Wildman–Crippen LogP) is 2.30. The van der Waals surface area contributed by atoms with Crippen molar-refractivity contribution in [2.75, 3.05) is 19.8 Å². The molecule has 0 radical (unpaired) electrons. The third-order valence-electron chi connectivity index (χ3n) is 1.88. The van der Waals surface area contributed by atoms with E-state index in [9.17, 15) is 4.79 Å². The standard InChI is InChI=1S/C12H16O3/c1-2-7-14-8-9-15-12-6-4-3-5-11(12)10-13/h3-6,10H,2,7-9H2,1H3. The van der Waals surface area contributed by atoms with Crippen molar-refractivity contribution in [1.29, 1.82) is 0 Å². The molecular formula is C12H16O3. The molecular weight excluding hydrogens is 192 g/mol. The van der Waals surface area contributed by atoms with Gasteiger partial charge >= 0.3 is 0 Å². The van der Waals surface area contributed by atoms with Crippen LogP contribution in [0.25, 0.3) is 0 Å². The predicted molar refractivity (Wildman–Crippen MR) is 58.4 cm³/mol. The number of aldehydes is 1. The Morgan fingerprint density at radius 3 is 2.73 bits per heavy atom. The minimum absolute atomic E-state index is 0.477. The zero-order valence-electron chi connectivity index (χ0n) is 8.94. The van der Waals surface area contributed by atoms with Gasteiger partial charge in [0.05, 0.1) is 12.2 Å². The summed E-state index contributed by atoms with van der Waals surface area (Å²) in [5, 5.41) is 0. The maximum absolute atomic E-state index is 10.7. The van der Waals surface area contributed by atoms with Crippen LogP contribution in [-0.2, 0) is 4.74 Å². The van der Waals surface area contributed by atoms with E-state index in [0.29, 0.717) is 24.5 Å². The quantitative estimate of drug-likeness (QED) is 0.509. The second-order valence-electron chi connectivity index (χ2n) is 3.12. The van der Waals surface area contributed by atoms with Crippen LogP contribution in [0.2, 0.25) is 0 Å². The van der Waals surface area contributed by atoms with Gasteiger partial charge in [0.2, 0.25) is 0 Å². The fourth-order valence-electron chi connectivity index (χ4n) is 1.17. The van der Waals surface area contributed by atoms with Gasteiger partial charge in [-0.2, -0.15) is 0 Å². The summed E-state index contributed by atoms with van der Waals surface area (Å²) < 4.78 is 10.7. The molecule has 0 spiro atoms. The molecule has 1 aromatic rings. The summed E-state index contributed by atoms with van der Waals surface area (Å²) in [4.78, 5) is 10.7. The van der Waals surface area contributed by atoms with E-state index >= 15 is 0 Å². The molecule has 0 bridgehead atoms. The second-order valence-corrected chi connectivity index (χ2v) is 3.12. The molecule has 0 atom stereocenters. The van der Waals surface area contributed by atoms with E-state index in [1.165, 1.54) is 0 Å². The first-order chi connectivity index (χ1) is 7.38. The van der Waals surface area contributed by atoms with E-state index in [4.69, 9.17) is 9.47 Å². The molecule has 1 aromatic carbocycles. The van der Waals surface area contributed by atoms with Crippen LogP contribution in [-0.4, -0.2) is 26.1 Å². The Kier molecular flexibility index (Phi) is 5.48. The number of hydrogen-bond acceptors (Lipinski definition) is 3. The van der Waals surface area contributed by atoms with Gasteiger partial charge in [-0.25, -0.2) is 0 Å². The number of carbonyl (C=O) groups excluding carboxylic acids is 1. The van der Waals surface area contributed by atoms with Gasteiger partial charge in [0.1, 0.15) is 12.4 Å². The molecule has 0 aliphatic heterocycles. The first-order valence-corrected chi connectivity index (χ1v) is 5.13. The van der Waals surface area contributed by atoms with Crippen LogP contribution in [0.3, 0.4) is 0 Å². The van der Waals surface area contributed by atoms with Gasteiger partial charge in [-0.1, -0.05) is 19.1 Å². The molecule has 0 unspecified atom stereocenters. The molecule has 3 nitrogen and oxygen atoms in total. The smallest absolute Gasteiger partial charge is 0.153 e. The average molecular weight is 208 g/mol. The van der Waals surface area contributed by atoms with Crippen molar-refractivity contribution >= 4 is 6.29 Å². The summed E-state index contributed by atoms with van der Waals surface area (Å²) in [6.45, 7) is 3.84. The molecule has 0 saturated heterocycles. The highest BCUT2D eigenvalue weighted by Gasteiger charge is 2.00. The lowest BCUT2D eigenvalue weighted by atomic mass is 10.2. The van der Waals surface area contributed by atoms with Crippen molar-refractivity contribution < 1.29 is 14.3 Å². The van der Waals surface area contributed by atoms with Crippen LogP contribution < -0.4 is 4.74 Å². The lowest BCUT2D eigenvalue weighted by molar-refractivity contribution is 0.0992. The third kappa shape index (κ3) is 4.13. The van der Waals surface area contributed by atoms with E-state index in [-0.39, 0.29) is 0 Å². The van der Waals surface area contributed by atoms with Crippen molar-refractivity contribution in [3.63, 3.8) is 0 Å². The summed E-state index contributed by atoms with van der Waals surface area (Å²) in [5.74, 6) is 0.618. The maximum atomic E-state index is 10.7. The third-order valence-corrected chi connectivity index (χ3v) is 1.88. The molecule has 82 valence electrons. The largest absolute Gasteiger partial charge is 0.490 e. The van der Waals surface area contributed by atoms with Crippen LogP contribution >= 0.6 is 0 Å². The molecule has 0 N–H and O–H groups in total. The van der Waals surface area contributed by atoms with Crippen molar-refractivity contribution in [2.45, 2.75) is 13.3 Å². The van der Waals surface area contributed by atoms with Gasteiger partial charge in [0, 0.05) is 6.61 Å². The zero-order valence-corrected chi connectivity index (χ0v) is 8.94. The molecule has 3 heteroatoms. The molecule has 0 saturated carbocycles. The highest BCUT2D eigenvalue weighted by Crippen LogP contribution is 2.15. The Balaban J connectivity index is 2.33. The number of carbonyl (C=O) groups is 1. The Morgan fingerprint density at radius 2 is 2.00 bits per heavy atom. The molecule has 0 aromatic heterocycles. The molecule has 1 rings (SSSR count). The van der Waals surface area contributed by atoms with Crippen LogP contribution in [0.5, 0.6) is 5.75 Å². The number of ether oxygens (including phenoxy) is 2. The number of benzene rings is 1. The normalized spacial score (nSPS) is 9.93. The van der Waals surface area contributed by atoms with Crippen molar-refractivity contribution in [3.05, 3.63) is 29.8 Å². The lowest BCUT2D eigenvalue weighted by Crippen LogP contribution is -2.08. The zero-order chi connectivity index (χ0) is 10.9. The number of para-hydroxylation sites is 1. The van der Waals surface area contributed by atoms with Crippen LogP contribution in [0.4, 0.5) is 0 Å². The first kappa shape index (κ1) is 11.7. The van der Waals surface area contributed by atoms with Gasteiger partial charge in [-0.05, 0) is 18.6 Å². The molecule has 0 amide bonds. The Labute approximate surface area is 90.0 Å². The van der Waals surface area contributed by atoms with E-state index in [1.54, 1.807) is 12.1 Å². The van der Waals surface area contributed by atoms with Gasteiger partial charge in [0.25, 0.3) is 0 Å². The van der Waals surface area contributed by atoms with E-state index in [0.717, 1.165) is 19.3 Å². The molecule has 0 heterocycles. The highest BCUT2D eigenvalue weighted by molar-refractivity contribution is 5.79. The van der Waals surface area contributed by atoms with Gasteiger partial charge in [-0.3, -0.25) is 4.79 Å². The average Bonchev–Trinajstić information content (AvgIpc) is 2.29. The van der Waals surface area contributed by atoms with Crippen molar-refractivity contribution in [1.82, 2.24) is 0 Å². The van der Waals surface area contributed by atoms with Crippen molar-refractivity contribution in [3.8, 4) is 5.75 Å².